The van der Waals surface area contributed by atoms with E-state index in [9.17, 15) is 4.79 Å². The maximum Gasteiger partial charge on any atom is 0.267 e. The SMILES string of the molecule is N#CCn1nc(-c2cccc(Br)c2)ccc1=O. The average molecular weight is 290 g/mol. The molecule has 84 valence electrons. The molecule has 0 aliphatic rings. The van der Waals surface area contributed by atoms with Crippen LogP contribution in [0.15, 0.2) is 45.7 Å². The molecule has 0 fully saturated rings. The van der Waals surface area contributed by atoms with Crippen molar-refractivity contribution in [3.05, 3.63) is 51.2 Å². The van der Waals surface area contributed by atoms with Crippen LogP contribution in [0, 0.1) is 11.3 Å². The van der Waals surface area contributed by atoms with Gasteiger partial charge < -0.3 is 0 Å². The molecule has 0 saturated carbocycles. The number of hydrogen-bond acceptors (Lipinski definition) is 3. The Labute approximate surface area is 106 Å². The van der Waals surface area contributed by atoms with Crippen LogP contribution in [0.1, 0.15) is 0 Å². The zero-order valence-electron chi connectivity index (χ0n) is 8.80. The van der Waals surface area contributed by atoms with Crippen LogP contribution in [-0.4, -0.2) is 9.78 Å². The van der Waals surface area contributed by atoms with Crippen molar-refractivity contribution in [3.63, 3.8) is 0 Å². The van der Waals surface area contributed by atoms with E-state index in [1.165, 1.54) is 6.07 Å². The Morgan fingerprint density at radius 1 is 1.35 bits per heavy atom. The highest BCUT2D eigenvalue weighted by Gasteiger charge is 2.03. The van der Waals surface area contributed by atoms with E-state index >= 15 is 0 Å². The third kappa shape index (κ3) is 2.60. The van der Waals surface area contributed by atoms with Crippen molar-refractivity contribution in [3.8, 4) is 17.3 Å². The van der Waals surface area contributed by atoms with Crippen LogP contribution in [0.5, 0.6) is 0 Å². The Morgan fingerprint density at radius 3 is 2.88 bits per heavy atom. The molecule has 0 amide bonds. The van der Waals surface area contributed by atoms with Crippen molar-refractivity contribution in [2.45, 2.75) is 6.54 Å². The molecule has 17 heavy (non-hydrogen) atoms. The van der Waals surface area contributed by atoms with Crippen LogP contribution in [0.3, 0.4) is 0 Å². The van der Waals surface area contributed by atoms with Gasteiger partial charge in [-0.1, -0.05) is 28.1 Å². The lowest BCUT2D eigenvalue weighted by Gasteiger charge is -2.04. The number of benzene rings is 1. The van der Waals surface area contributed by atoms with Crippen LogP contribution >= 0.6 is 15.9 Å². The van der Waals surface area contributed by atoms with Gasteiger partial charge in [0.25, 0.3) is 5.56 Å². The normalized spacial score (nSPS) is 9.88. The van der Waals surface area contributed by atoms with E-state index in [-0.39, 0.29) is 12.1 Å². The van der Waals surface area contributed by atoms with Crippen LogP contribution in [-0.2, 0) is 6.54 Å². The maximum absolute atomic E-state index is 11.4. The molecule has 0 saturated heterocycles. The van der Waals surface area contributed by atoms with E-state index < -0.39 is 0 Å². The fourth-order valence-electron chi connectivity index (χ4n) is 1.43. The molecule has 2 rings (SSSR count). The van der Waals surface area contributed by atoms with E-state index in [1.54, 1.807) is 6.07 Å². The smallest absolute Gasteiger partial charge is 0.267 e. The van der Waals surface area contributed by atoms with E-state index in [4.69, 9.17) is 5.26 Å². The van der Waals surface area contributed by atoms with Gasteiger partial charge in [0.2, 0.25) is 0 Å². The third-order valence-corrected chi connectivity index (χ3v) is 2.70. The third-order valence-electron chi connectivity index (χ3n) is 2.21. The molecule has 1 aromatic carbocycles. The molecule has 0 aliphatic carbocycles. The average Bonchev–Trinajstić information content (AvgIpc) is 2.32. The summed E-state index contributed by atoms with van der Waals surface area (Å²) in [5.74, 6) is 0. The summed E-state index contributed by atoms with van der Waals surface area (Å²) >= 11 is 3.37. The molecule has 2 aromatic rings. The van der Waals surface area contributed by atoms with Gasteiger partial charge in [-0.3, -0.25) is 4.79 Å². The fraction of sp³-hybridized carbons (Fsp3) is 0.0833. The highest BCUT2D eigenvalue weighted by Crippen LogP contribution is 2.19. The molecule has 0 spiro atoms. The highest BCUT2D eigenvalue weighted by atomic mass is 79.9. The van der Waals surface area contributed by atoms with Crippen molar-refractivity contribution in [2.24, 2.45) is 0 Å². The van der Waals surface area contributed by atoms with Crippen molar-refractivity contribution in [2.75, 3.05) is 0 Å². The molecule has 1 aromatic heterocycles. The van der Waals surface area contributed by atoms with Gasteiger partial charge in [-0.15, -0.1) is 0 Å². The van der Waals surface area contributed by atoms with Gasteiger partial charge in [0.05, 0.1) is 11.8 Å². The molecule has 0 radical (unpaired) electrons. The van der Waals surface area contributed by atoms with Crippen LogP contribution in [0.2, 0.25) is 0 Å². The number of nitrogens with zero attached hydrogens (tertiary/aromatic N) is 3. The summed E-state index contributed by atoms with van der Waals surface area (Å²) in [5, 5.41) is 12.7. The Balaban J connectivity index is 2.50. The van der Waals surface area contributed by atoms with Crippen LogP contribution in [0.4, 0.5) is 0 Å². The summed E-state index contributed by atoms with van der Waals surface area (Å²) in [7, 11) is 0. The van der Waals surface area contributed by atoms with Crippen molar-refractivity contribution in [1.82, 2.24) is 9.78 Å². The second kappa shape index (κ2) is 4.93. The minimum atomic E-state index is -0.273. The Morgan fingerprint density at radius 2 is 2.18 bits per heavy atom. The van der Waals surface area contributed by atoms with Gasteiger partial charge in [-0.05, 0) is 18.2 Å². The van der Waals surface area contributed by atoms with E-state index in [0.717, 1.165) is 14.7 Å². The molecule has 0 atom stereocenters. The second-order valence-corrected chi connectivity index (χ2v) is 4.30. The minimum Gasteiger partial charge on any atom is -0.268 e. The number of rotatable bonds is 2. The topological polar surface area (TPSA) is 58.7 Å². The van der Waals surface area contributed by atoms with E-state index in [2.05, 4.69) is 21.0 Å². The fourth-order valence-corrected chi connectivity index (χ4v) is 1.83. The summed E-state index contributed by atoms with van der Waals surface area (Å²) in [4.78, 5) is 11.4. The maximum atomic E-state index is 11.4. The van der Waals surface area contributed by atoms with Crippen molar-refractivity contribution < 1.29 is 0 Å². The quantitative estimate of drug-likeness (QED) is 0.852. The predicted octanol–water partition coefficient (Wildman–Crippen LogP) is 2.20. The Hall–Kier alpha value is -1.93. The Kier molecular flexibility index (Phi) is 3.35. The van der Waals surface area contributed by atoms with E-state index in [1.807, 2.05) is 30.3 Å². The zero-order valence-corrected chi connectivity index (χ0v) is 10.4. The first-order chi connectivity index (χ1) is 8.20. The summed E-state index contributed by atoms with van der Waals surface area (Å²) in [6.07, 6.45) is 0. The monoisotopic (exact) mass is 289 g/mol. The van der Waals surface area contributed by atoms with Crippen LogP contribution in [0.25, 0.3) is 11.3 Å². The molecule has 1 heterocycles. The van der Waals surface area contributed by atoms with Gasteiger partial charge >= 0.3 is 0 Å². The molecule has 0 bridgehead atoms. The largest absolute Gasteiger partial charge is 0.268 e. The summed E-state index contributed by atoms with van der Waals surface area (Å²) < 4.78 is 2.09. The molecule has 0 aliphatic heterocycles. The molecule has 0 N–H and O–H groups in total. The van der Waals surface area contributed by atoms with Gasteiger partial charge in [-0.2, -0.15) is 10.4 Å². The lowest BCUT2D eigenvalue weighted by atomic mass is 10.1. The molecular weight excluding hydrogens is 282 g/mol. The summed E-state index contributed by atoms with van der Waals surface area (Å²) in [6, 6.07) is 12.6. The number of aromatic nitrogens is 2. The highest BCUT2D eigenvalue weighted by molar-refractivity contribution is 9.10. The minimum absolute atomic E-state index is 0.0410. The number of nitriles is 1. The predicted molar refractivity (Wildman–Crippen MR) is 67.2 cm³/mol. The zero-order chi connectivity index (χ0) is 12.3. The lowest BCUT2D eigenvalue weighted by molar-refractivity contribution is 0.662. The van der Waals surface area contributed by atoms with Gasteiger partial charge in [-0.25, -0.2) is 4.68 Å². The number of halogens is 1. The van der Waals surface area contributed by atoms with Gasteiger partial charge in [0.1, 0.15) is 6.54 Å². The molecular formula is C12H8BrN3O. The van der Waals surface area contributed by atoms with Gasteiger partial charge in [0.15, 0.2) is 0 Å². The number of hydrogen-bond donors (Lipinski definition) is 0. The molecule has 0 unspecified atom stereocenters. The Bertz CT molecular complexity index is 643. The summed E-state index contributed by atoms with van der Waals surface area (Å²) in [6.45, 7) is -0.0410. The lowest BCUT2D eigenvalue weighted by Crippen LogP contribution is -2.21. The van der Waals surface area contributed by atoms with E-state index in [0.29, 0.717) is 5.69 Å². The molecule has 4 nitrogen and oxygen atoms in total. The first-order valence-electron chi connectivity index (χ1n) is 4.92. The van der Waals surface area contributed by atoms with Crippen molar-refractivity contribution in [1.29, 1.82) is 5.26 Å². The van der Waals surface area contributed by atoms with Crippen molar-refractivity contribution >= 4 is 15.9 Å². The van der Waals surface area contributed by atoms with Gasteiger partial charge in [0, 0.05) is 16.1 Å². The standard InChI is InChI=1S/C12H8BrN3O/c13-10-3-1-2-9(8-10)11-4-5-12(17)16(15-11)7-6-14/h1-5,8H,7H2. The summed E-state index contributed by atoms with van der Waals surface area (Å²) in [5.41, 5.74) is 1.29. The second-order valence-electron chi connectivity index (χ2n) is 3.38. The molecule has 5 heteroatoms. The first-order valence-corrected chi connectivity index (χ1v) is 5.71. The first kappa shape index (κ1) is 11.6. The van der Waals surface area contributed by atoms with Crippen LogP contribution < -0.4 is 5.56 Å².